The third-order valence-electron chi connectivity index (χ3n) is 6.97. The zero-order valence-corrected chi connectivity index (χ0v) is 14.7. The molecule has 1 saturated carbocycles. The molecule has 1 aliphatic heterocycles. The van der Waals surface area contributed by atoms with Gasteiger partial charge in [0.2, 0.25) is 0 Å². The number of likely N-dealkylation sites (N-methyl/N-ethyl adjacent to an activating group) is 1. The van der Waals surface area contributed by atoms with Crippen LogP contribution < -0.4 is 0 Å². The van der Waals surface area contributed by atoms with E-state index < -0.39 is 0 Å². The summed E-state index contributed by atoms with van der Waals surface area (Å²) in [7, 11) is 2.36. The summed E-state index contributed by atoms with van der Waals surface area (Å²) in [4.78, 5) is 2.66. The van der Waals surface area contributed by atoms with Gasteiger partial charge in [0.05, 0.1) is 0 Å². The maximum atomic E-state index is 2.66. The lowest BCUT2D eigenvalue weighted by atomic mass is 9.52. The highest BCUT2D eigenvalue weighted by atomic mass is 32.1. The van der Waals surface area contributed by atoms with Crippen molar-refractivity contribution >= 4 is 11.3 Å². The predicted molar refractivity (Wildman–Crippen MR) is 98.1 cm³/mol. The zero-order valence-electron chi connectivity index (χ0n) is 13.9. The lowest BCUT2D eigenvalue weighted by Crippen LogP contribution is -2.59. The van der Waals surface area contributed by atoms with Gasteiger partial charge in [-0.15, -0.1) is 0 Å². The molecule has 2 aromatic rings. The molecule has 5 rings (SSSR count). The molecule has 2 heterocycles. The Balaban J connectivity index is 1.68. The van der Waals surface area contributed by atoms with Crippen molar-refractivity contribution in [2.45, 2.75) is 50.0 Å². The number of piperidine rings is 1. The molecule has 1 aromatic heterocycles. The van der Waals surface area contributed by atoms with Crippen LogP contribution in [-0.4, -0.2) is 24.5 Å². The quantitative estimate of drug-likeness (QED) is 0.705. The van der Waals surface area contributed by atoms with Crippen LogP contribution in [0, 0.1) is 5.92 Å². The van der Waals surface area contributed by atoms with Gasteiger partial charge in [-0.05, 0) is 84.3 Å². The van der Waals surface area contributed by atoms with E-state index in [2.05, 4.69) is 47.0 Å². The molecule has 3 atom stereocenters. The second kappa shape index (κ2) is 5.19. The molecule has 0 amide bonds. The van der Waals surface area contributed by atoms with E-state index in [0.717, 1.165) is 12.0 Å². The van der Waals surface area contributed by atoms with Crippen LogP contribution in [0.1, 0.15) is 43.2 Å². The van der Waals surface area contributed by atoms with Crippen LogP contribution in [0.25, 0.3) is 11.1 Å². The number of likely N-dealkylation sites (tertiary alicyclic amines) is 1. The van der Waals surface area contributed by atoms with Gasteiger partial charge >= 0.3 is 0 Å². The fourth-order valence-electron chi connectivity index (χ4n) is 5.81. The molecule has 1 aromatic carbocycles. The maximum absolute atomic E-state index is 2.66. The second-order valence-electron chi connectivity index (χ2n) is 7.89. The fraction of sp³-hybridized carbons (Fsp3) is 0.524. The average molecular weight is 324 g/mol. The van der Waals surface area contributed by atoms with Crippen LogP contribution in [0.5, 0.6) is 0 Å². The topological polar surface area (TPSA) is 3.24 Å². The Morgan fingerprint density at radius 2 is 2.09 bits per heavy atom. The highest BCUT2D eigenvalue weighted by Crippen LogP contribution is 2.55. The van der Waals surface area contributed by atoms with Gasteiger partial charge in [0.25, 0.3) is 0 Å². The number of hydrogen-bond donors (Lipinski definition) is 0. The number of nitrogens with zero attached hydrogens (tertiary/aromatic N) is 1. The summed E-state index contributed by atoms with van der Waals surface area (Å²) in [5.74, 6) is 0.889. The molecule has 1 saturated heterocycles. The van der Waals surface area contributed by atoms with Crippen LogP contribution in [0.15, 0.2) is 35.0 Å². The first-order chi connectivity index (χ1) is 11.3. The first kappa shape index (κ1) is 14.2. The molecule has 2 fully saturated rings. The third kappa shape index (κ3) is 2.01. The van der Waals surface area contributed by atoms with Gasteiger partial charge in [0.1, 0.15) is 0 Å². The van der Waals surface area contributed by atoms with Crippen LogP contribution in [0.4, 0.5) is 0 Å². The van der Waals surface area contributed by atoms with E-state index in [-0.39, 0.29) is 0 Å². The highest BCUT2D eigenvalue weighted by molar-refractivity contribution is 7.08. The first-order valence-electron chi connectivity index (χ1n) is 9.14. The van der Waals surface area contributed by atoms with E-state index in [1.165, 1.54) is 56.2 Å². The van der Waals surface area contributed by atoms with Crippen LogP contribution in [-0.2, 0) is 11.8 Å². The third-order valence-corrected chi connectivity index (χ3v) is 7.65. The van der Waals surface area contributed by atoms with Crippen molar-refractivity contribution in [1.29, 1.82) is 0 Å². The Morgan fingerprint density at radius 1 is 1.13 bits per heavy atom. The monoisotopic (exact) mass is 323 g/mol. The molecular formula is C21H25NS. The van der Waals surface area contributed by atoms with E-state index in [4.69, 9.17) is 0 Å². The molecule has 2 aliphatic carbocycles. The summed E-state index contributed by atoms with van der Waals surface area (Å²) < 4.78 is 0. The molecule has 120 valence electrons. The summed E-state index contributed by atoms with van der Waals surface area (Å²) in [5.41, 5.74) is 6.67. The van der Waals surface area contributed by atoms with E-state index in [9.17, 15) is 0 Å². The van der Waals surface area contributed by atoms with E-state index in [1.54, 1.807) is 22.5 Å². The van der Waals surface area contributed by atoms with Crippen molar-refractivity contribution in [3.63, 3.8) is 0 Å². The van der Waals surface area contributed by atoms with Crippen molar-refractivity contribution in [2.75, 3.05) is 13.6 Å². The van der Waals surface area contributed by atoms with Gasteiger partial charge in [-0.2, -0.15) is 11.3 Å². The van der Waals surface area contributed by atoms with Crippen molar-refractivity contribution in [3.05, 3.63) is 46.2 Å². The van der Waals surface area contributed by atoms with E-state index in [1.807, 2.05) is 0 Å². The maximum Gasteiger partial charge on any atom is 0.0169 e. The zero-order chi connectivity index (χ0) is 15.4. The molecular weight excluding hydrogens is 298 g/mol. The lowest BCUT2D eigenvalue weighted by Gasteiger charge is -2.58. The summed E-state index contributed by atoms with van der Waals surface area (Å²) in [5, 5.41) is 4.49. The summed E-state index contributed by atoms with van der Waals surface area (Å²) in [6, 6.07) is 10.4. The van der Waals surface area contributed by atoms with Crippen molar-refractivity contribution < 1.29 is 0 Å². The molecule has 0 N–H and O–H groups in total. The van der Waals surface area contributed by atoms with Crippen molar-refractivity contribution in [1.82, 2.24) is 4.90 Å². The summed E-state index contributed by atoms with van der Waals surface area (Å²) >= 11 is 1.80. The second-order valence-corrected chi connectivity index (χ2v) is 8.67. The fourth-order valence-corrected chi connectivity index (χ4v) is 6.47. The molecule has 1 nitrogen and oxygen atoms in total. The molecule has 0 radical (unpaired) electrons. The Bertz CT molecular complexity index is 719. The minimum absolute atomic E-state index is 0.481. The number of benzene rings is 1. The molecule has 3 aliphatic rings. The smallest absolute Gasteiger partial charge is 0.0169 e. The van der Waals surface area contributed by atoms with Gasteiger partial charge in [-0.1, -0.05) is 31.0 Å². The number of fused-ring (bicyclic) bond motifs is 1. The van der Waals surface area contributed by atoms with E-state index in [0.29, 0.717) is 5.41 Å². The van der Waals surface area contributed by atoms with Gasteiger partial charge in [-0.25, -0.2) is 0 Å². The molecule has 2 heteroatoms. The van der Waals surface area contributed by atoms with Gasteiger partial charge in [0.15, 0.2) is 0 Å². The predicted octanol–water partition coefficient (Wildman–Crippen LogP) is 5.10. The van der Waals surface area contributed by atoms with Crippen LogP contribution >= 0.6 is 11.3 Å². The molecule has 0 unspecified atom stereocenters. The van der Waals surface area contributed by atoms with Gasteiger partial charge in [-0.3, -0.25) is 0 Å². The largest absolute Gasteiger partial charge is 0.303 e. The van der Waals surface area contributed by atoms with Crippen molar-refractivity contribution in [3.8, 4) is 11.1 Å². The molecule has 23 heavy (non-hydrogen) atoms. The van der Waals surface area contributed by atoms with Gasteiger partial charge < -0.3 is 4.90 Å². The average Bonchev–Trinajstić information content (AvgIpc) is 3.12. The summed E-state index contributed by atoms with van der Waals surface area (Å²) in [6.45, 7) is 1.28. The summed E-state index contributed by atoms with van der Waals surface area (Å²) in [6.07, 6.45) is 8.36. The Morgan fingerprint density at radius 3 is 2.96 bits per heavy atom. The normalized spacial score (nSPS) is 33.1. The molecule has 2 bridgehead atoms. The lowest BCUT2D eigenvalue weighted by molar-refractivity contribution is 0.00290. The number of hydrogen-bond acceptors (Lipinski definition) is 2. The Hall–Kier alpha value is -1.12. The number of thiophene rings is 1. The molecule has 0 spiro atoms. The highest BCUT2D eigenvalue weighted by Gasteiger charge is 2.52. The Kier molecular flexibility index (Phi) is 3.21. The minimum Gasteiger partial charge on any atom is -0.303 e. The minimum atomic E-state index is 0.481. The number of rotatable bonds is 1. The van der Waals surface area contributed by atoms with Crippen LogP contribution in [0.3, 0.4) is 0 Å². The SMILES string of the molecule is CN1CC[C@@]23CCCC[C@@H]2[C@@H]1Cc1ccc(-c2ccsc2)cc13. The van der Waals surface area contributed by atoms with Crippen LogP contribution in [0.2, 0.25) is 0 Å². The standard InChI is InChI=1S/C21H25NS/c1-22-10-9-21-8-3-2-4-18(21)20(22)13-16-6-5-15(12-19(16)21)17-7-11-23-14-17/h5-7,11-12,14,18,20H,2-4,8-10,13H2,1H3/t18-,20+,21+/m1/s1. The Labute approximate surface area is 143 Å². The van der Waals surface area contributed by atoms with Crippen molar-refractivity contribution in [2.24, 2.45) is 5.92 Å². The van der Waals surface area contributed by atoms with E-state index >= 15 is 0 Å². The van der Waals surface area contributed by atoms with Gasteiger partial charge in [0, 0.05) is 11.5 Å². The first-order valence-corrected chi connectivity index (χ1v) is 10.1.